The Labute approximate surface area is 147 Å². The Hall–Kier alpha value is -3.07. The predicted octanol–water partition coefficient (Wildman–Crippen LogP) is 5.25. The van der Waals surface area contributed by atoms with Gasteiger partial charge in [-0.2, -0.15) is 0 Å². The smallest absolute Gasteiger partial charge is 0.163 e. The minimum absolute atomic E-state index is 0.713. The SMILES string of the molecule is Cc1nc(-c2ccccc2)nc(-c2cccc(C3=CCCC=C3)c2)n1. The van der Waals surface area contributed by atoms with Crippen molar-refractivity contribution < 1.29 is 0 Å². The molecule has 25 heavy (non-hydrogen) atoms. The van der Waals surface area contributed by atoms with Crippen molar-refractivity contribution >= 4 is 5.57 Å². The van der Waals surface area contributed by atoms with E-state index in [1.165, 1.54) is 11.1 Å². The Morgan fingerprint density at radius 3 is 2.20 bits per heavy atom. The Kier molecular flexibility index (Phi) is 4.21. The lowest BCUT2D eigenvalue weighted by Crippen LogP contribution is -1.99. The highest BCUT2D eigenvalue weighted by atomic mass is 15.0. The number of benzene rings is 2. The molecular formula is C22H19N3. The van der Waals surface area contributed by atoms with Crippen LogP contribution in [0.3, 0.4) is 0 Å². The maximum absolute atomic E-state index is 4.70. The number of rotatable bonds is 3. The summed E-state index contributed by atoms with van der Waals surface area (Å²) in [6.07, 6.45) is 8.92. The predicted molar refractivity (Wildman–Crippen MR) is 102 cm³/mol. The molecule has 0 radical (unpaired) electrons. The molecule has 3 aromatic rings. The minimum atomic E-state index is 0.713. The third-order valence-corrected chi connectivity index (χ3v) is 4.23. The lowest BCUT2D eigenvalue weighted by Gasteiger charge is -2.10. The standard InChI is InChI=1S/C22H19N3/c1-16-23-21(18-11-6-3-7-12-18)25-22(24-16)20-14-8-13-19(15-20)17-9-4-2-5-10-17/h3-4,6-15H,2,5H2,1H3. The number of nitrogens with zero attached hydrogens (tertiary/aromatic N) is 3. The van der Waals surface area contributed by atoms with E-state index in [1.54, 1.807) is 0 Å². The largest absolute Gasteiger partial charge is 0.213 e. The Morgan fingerprint density at radius 1 is 0.720 bits per heavy atom. The summed E-state index contributed by atoms with van der Waals surface area (Å²) < 4.78 is 0. The highest BCUT2D eigenvalue weighted by Gasteiger charge is 2.10. The molecule has 3 nitrogen and oxygen atoms in total. The van der Waals surface area contributed by atoms with Gasteiger partial charge < -0.3 is 0 Å². The van der Waals surface area contributed by atoms with Crippen LogP contribution in [-0.2, 0) is 0 Å². The van der Waals surface area contributed by atoms with Crippen LogP contribution in [0.1, 0.15) is 24.2 Å². The van der Waals surface area contributed by atoms with Gasteiger partial charge in [-0.1, -0.05) is 66.8 Å². The third-order valence-electron chi connectivity index (χ3n) is 4.23. The minimum Gasteiger partial charge on any atom is -0.213 e. The van der Waals surface area contributed by atoms with E-state index >= 15 is 0 Å². The Morgan fingerprint density at radius 2 is 1.44 bits per heavy atom. The van der Waals surface area contributed by atoms with Crippen LogP contribution in [0.2, 0.25) is 0 Å². The van der Waals surface area contributed by atoms with Crippen LogP contribution in [0.15, 0.2) is 72.8 Å². The molecule has 1 heterocycles. The molecule has 0 N–H and O–H groups in total. The van der Waals surface area contributed by atoms with Crippen molar-refractivity contribution in [3.8, 4) is 22.8 Å². The summed E-state index contributed by atoms with van der Waals surface area (Å²) in [6.45, 7) is 1.91. The molecule has 0 saturated carbocycles. The molecule has 0 fully saturated rings. The zero-order valence-electron chi connectivity index (χ0n) is 14.2. The quantitative estimate of drug-likeness (QED) is 0.660. The number of hydrogen-bond donors (Lipinski definition) is 0. The van der Waals surface area contributed by atoms with Crippen LogP contribution in [0.4, 0.5) is 0 Å². The van der Waals surface area contributed by atoms with Gasteiger partial charge in [0.15, 0.2) is 11.6 Å². The first-order valence-corrected chi connectivity index (χ1v) is 8.55. The molecule has 4 rings (SSSR count). The van der Waals surface area contributed by atoms with E-state index in [9.17, 15) is 0 Å². The van der Waals surface area contributed by atoms with Crippen molar-refractivity contribution in [2.24, 2.45) is 0 Å². The van der Waals surface area contributed by atoms with E-state index in [0.29, 0.717) is 11.6 Å². The second-order valence-electron chi connectivity index (χ2n) is 6.12. The maximum atomic E-state index is 4.70. The van der Waals surface area contributed by atoms with Gasteiger partial charge in [-0.15, -0.1) is 0 Å². The van der Waals surface area contributed by atoms with E-state index < -0.39 is 0 Å². The second kappa shape index (κ2) is 6.81. The first-order chi connectivity index (χ1) is 12.3. The summed E-state index contributed by atoms with van der Waals surface area (Å²) in [5, 5.41) is 0. The van der Waals surface area contributed by atoms with Crippen LogP contribution in [0.25, 0.3) is 28.3 Å². The zero-order valence-corrected chi connectivity index (χ0v) is 14.2. The van der Waals surface area contributed by atoms with Gasteiger partial charge in [-0.3, -0.25) is 0 Å². The first kappa shape index (κ1) is 15.5. The molecule has 0 aliphatic heterocycles. The maximum Gasteiger partial charge on any atom is 0.163 e. The van der Waals surface area contributed by atoms with Crippen molar-refractivity contribution in [2.45, 2.75) is 19.8 Å². The fraction of sp³-hybridized carbons (Fsp3) is 0.136. The van der Waals surface area contributed by atoms with E-state index in [1.807, 2.05) is 37.3 Å². The van der Waals surface area contributed by atoms with Crippen molar-refractivity contribution in [2.75, 3.05) is 0 Å². The molecule has 0 amide bonds. The summed E-state index contributed by atoms with van der Waals surface area (Å²) in [7, 11) is 0. The first-order valence-electron chi connectivity index (χ1n) is 8.55. The molecule has 0 bridgehead atoms. The van der Waals surface area contributed by atoms with Crippen LogP contribution in [0.5, 0.6) is 0 Å². The molecular weight excluding hydrogens is 306 g/mol. The fourth-order valence-electron chi connectivity index (χ4n) is 2.99. The van der Waals surface area contributed by atoms with Crippen molar-refractivity contribution in [1.29, 1.82) is 0 Å². The Bertz CT molecular complexity index is 956. The van der Waals surface area contributed by atoms with Crippen LogP contribution >= 0.6 is 0 Å². The molecule has 3 heteroatoms. The van der Waals surface area contributed by atoms with Gasteiger partial charge >= 0.3 is 0 Å². The number of aromatic nitrogens is 3. The van der Waals surface area contributed by atoms with Crippen molar-refractivity contribution in [3.05, 3.63) is 84.2 Å². The molecule has 0 spiro atoms. The number of allylic oxidation sites excluding steroid dienone is 4. The van der Waals surface area contributed by atoms with Gasteiger partial charge in [0.05, 0.1) is 0 Å². The average Bonchev–Trinajstić information content (AvgIpc) is 2.69. The van der Waals surface area contributed by atoms with Crippen LogP contribution in [0, 0.1) is 6.92 Å². The van der Waals surface area contributed by atoms with E-state index in [0.717, 1.165) is 29.8 Å². The van der Waals surface area contributed by atoms with Gasteiger partial charge in [0.1, 0.15) is 5.82 Å². The van der Waals surface area contributed by atoms with Gasteiger partial charge in [-0.05, 0) is 37.0 Å². The summed E-state index contributed by atoms with van der Waals surface area (Å²) in [5.74, 6) is 2.16. The molecule has 0 saturated heterocycles. The number of aryl methyl sites for hydroxylation is 1. The highest BCUT2D eigenvalue weighted by molar-refractivity contribution is 5.77. The number of hydrogen-bond acceptors (Lipinski definition) is 3. The summed E-state index contributed by atoms with van der Waals surface area (Å²) in [5.41, 5.74) is 4.48. The van der Waals surface area contributed by atoms with Crippen LogP contribution < -0.4 is 0 Å². The zero-order chi connectivity index (χ0) is 17.1. The molecule has 0 atom stereocenters. The topological polar surface area (TPSA) is 38.7 Å². The molecule has 2 aromatic carbocycles. The van der Waals surface area contributed by atoms with Gasteiger partial charge in [0.2, 0.25) is 0 Å². The Balaban J connectivity index is 1.76. The monoisotopic (exact) mass is 325 g/mol. The molecule has 1 aliphatic carbocycles. The summed E-state index contributed by atoms with van der Waals surface area (Å²) in [6, 6.07) is 18.4. The molecule has 1 aromatic heterocycles. The summed E-state index contributed by atoms with van der Waals surface area (Å²) in [4.78, 5) is 13.8. The van der Waals surface area contributed by atoms with Gasteiger partial charge in [0.25, 0.3) is 0 Å². The lowest BCUT2D eigenvalue weighted by molar-refractivity contribution is 0.991. The molecule has 122 valence electrons. The lowest BCUT2D eigenvalue weighted by atomic mass is 9.98. The summed E-state index contributed by atoms with van der Waals surface area (Å²) >= 11 is 0. The van der Waals surface area contributed by atoms with E-state index in [4.69, 9.17) is 4.98 Å². The normalized spacial score (nSPS) is 13.6. The molecule has 0 unspecified atom stereocenters. The average molecular weight is 325 g/mol. The third kappa shape index (κ3) is 3.41. The highest BCUT2D eigenvalue weighted by Crippen LogP contribution is 2.26. The van der Waals surface area contributed by atoms with Crippen LogP contribution in [-0.4, -0.2) is 15.0 Å². The van der Waals surface area contributed by atoms with Crippen molar-refractivity contribution in [3.63, 3.8) is 0 Å². The second-order valence-corrected chi connectivity index (χ2v) is 6.12. The van der Waals surface area contributed by atoms with Gasteiger partial charge in [0, 0.05) is 11.1 Å². The van der Waals surface area contributed by atoms with Crippen molar-refractivity contribution in [1.82, 2.24) is 15.0 Å². The van der Waals surface area contributed by atoms with E-state index in [-0.39, 0.29) is 0 Å². The van der Waals surface area contributed by atoms with E-state index in [2.05, 4.69) is 52.5 Å². The molecule has 1 aliphatic rings. The van der Waals surface area contributed by atoms with Gasteiger partial charge in [-0.25, -0.2) is 15.0 Å². The fourth-order valence-corrected chi connectivity index (χ4v) is 2.99.